The van der Waals surface area contributed by atoms with E-state index in [1.165, 1.54) is 19.3 Å². The fourth-order valence-corrected chi connectivity index (χ4v) is 12.5. The smallest absolute Gasteiger partial charge is 0.00814 e. The lowest BCUT2D eigenvalue weighted by Crippen LogP contribution is -2.53. The van der Waals surface area contributed by atoms with Crippen molar-refractivity contribution in [1.82, 2.24) is 0 Å². The summed E-state index contributed by atoms with van der Waals surface area (Å²) in [4.78, 5) is 0. The van der Waals surface area contributed by atoms with Crippen LogP contribution < -0.4 is 0 Å². The van der Waals surface area contributed by atoms with Gasteiger partial charge in [-0.25, -0.2) is 0 Å². The van der Waals surface area contributed by atoms with E-state index in [-0.39, 0.29) is 0 Å². The zero-order valence-electron chi connectivity index (χ0n) is 21.0. The topological polar surface area (TPSA) is 0 Å². The molecule has 0 aromatic rings. The largest absolute Gasteiger partial charge is 0.155 e. The molecule has 4 saturated carbocycles. The summed E-state index contributed by atoms with van der Waals surface area (Å²) in [5.74, 6) is 7.98. The Hall–Kier alpha value is 0.350. The second-order valence-electron chi connectivity index (χ2n) is 13.5. The van der Waals surface area contributed by atoms with E-state index in [1.54, 1.807) is 51.4 Å². The van der Waals surface area contributed by atoms with Gasteiger partial charge in [-0.1, -0.05) is 54.4 Å². The maximum absolute atomic E-state index is 2.78. The van der Waals surface area contributed by atoms with Gasteiger partial charge >= 0.3 is 0 Å². The summed E-state index contributed by atoms with van der Waals surface area (Å²) in [7, 11) is 0. The van der Waals surface area contributed by atoms with Crippen LogP contribution in [0.4, 0.5) is 0 Å². The lowest BCUT2D eigenvalue weighted by Gasteiger charge is -2.61. The Morgan fingerprint density at radius 2 is 1.57 bits per heavy atom. The summed E-state index contributed by atoms with van der Waals surface area (Å²) in [6.07, 6.45) is 17.0. The summed E-state index contributed by atoms with van der Waals surface area (Å²) >= 11 is 2.37. The maximum Gasteiger partial charge on any atom is 0.00814 e. The van der Waals surface area contributed by atoms with Crippen molar-refractivity contribution in [3.63, 3.8) is 0 Å². The fraction of sp³-hybridized carbons (Fsp3) is 1.00. The standard InChI is InChI=1S/C29H50S/c1-18(2)23-17-27(30-20(23)4)19(3)24-12-13-25-22-11-10-21-9-7-8-15-28(21,5)26(22)14-16-29(24,25)6/h18-27H,7-17H2,1-6H3/t19-,20?,21+,22-,23?,24+,25-,26-,27?,28-,29+/m0/s1. The van der Waals surface area contributed by atoms with Gasteiger partial charge in [-0.3, -0.25) is 0 Å². The van der Waals surface area contributed by atoms with Crippen LogP contribution in [0.2, 0.25) is 0 Å². The third-order valence-electron chi connectivity index (χ3n) is 12.2. The predicted molar refractivity (Wildman–Crippen MR) is 133 cm³/mol. The first-order valence-corrected chi connectivity index (χ1v) is 14.9. The number of rotatable bonds is 3. The molecule has 0 bridgehead atoms. The van der Waals surface area contributed by atoms with Crippen LogP contribution >= 0.6 is 11.8 Å². The van der Waals surface area contributed by atoms with E-state index in [2.05, 4.69) is 53.3 Å². The van der Waals surface area contributed by atoms with Crippen LogP contribution in [0.3, 0.4) is 0 Å². The van der Waals surface area contributed by atoms with Gasteiger partial charge in [0.25, 0.3) is 0 Å². The number of thioether (sulfide) groups is 1. The SMILES string of the molecule is CC(C)C1CC([C@@H](C)[C@H]2CC[C@H]3[C@@H]4CC[C@H]5CCCC[C@]5(C)[C@H]4CC[C@]23C)SC1C. The molecule has 172 valence electrons. The van der Waals surface area contributed by atoms with Crippen LogP contribution in [-0.4, -0.2) is 10.5 Å². The lowest BCUT2D eigenvalue weighted by atomic mass is 9.44. The van der Waals surface area contributed by atoms with Crippen LogP contribution in [0.5, 0.6) is 0 Å². The normalized spacial score (nSPS) is 54.5. The number of hydrogen-bond acceptors (Lipinski definition) is 1. The lowest BCUT2D eigenvalue weighted by molar-refractivity contribution is -0.114. The van der Waals surface area contributed by atoms with Crippen molar-refractivity contribution in [1.29, 1.82) is 0 Å². The summed E-state index contributed by atoms with van der Waals surface area (Å²) in [6.45, 7) is 15.6. The van der Waals surface area contributed by atoms with Gasteiger partial charge in [0.2, 0.25) is 0 Å². The summed E-state index contributed by atoms with van der Waals surface area (Å²) in [6, 6.07) is 0. The molecule has 4 aliphatic carbocycles. The second-order valence-corrected chi connectivity index (χ2v) is 15.1. The van der Waals surface area contributed by atoms with Gasteiger partial charge < -0.3 is 0 Å². The molecule has 1 aliphatic heterocycles. The van der Waals surface area contributed by atoms with Crippen LogP contribution in [-0.2, 0) is 0 Å². The molecule has 0 N–H and O–H groups in total. The second kappa shape index (κ2) is 7.99. The van der Waals surface area contributed by atoms with E-state index in [4.69, 9.17) is 0 Å². The summed E-state index contributed by atoms with van der Waals surface area (Å²) < 4.78 is 0. The molecular formula is C29H50S. The van der Waals surface area contributed by atoms with Gasteiger partial charge in [-0.15, -0.1) is 0 Å². The molecule has 0 nitrogen and oxygen atoms in total. The average Bonchev–Trinajstić information content (AvgIpc) is 3.27. The Balaban J connectivity index is 1.33. The van der Waals surface area contributed by atoms with Gasteiger partial charge in [0.15, 0.2) is 0 Å². The van der Waals surface area contributed by atoms with Crippen LogP contribution in [0.15, 0.2) is 0 Å². The first-order chi connectivity index (χ1) is 14.3. The molecule has 5 rings (SSSR count). The zero-order chi connectivity index (χ0) is 21.3. The molecule has 5 fully saturated rings. The molecule has 0 aromatic heterocycles. The maximum atomic E-state index is 2.78. The van der Waals surface area contributed by atoms with E-state index in [1.807, 2.05) is 0 Å². The van der Waals surface area contributed by atoms with Crippen molar-refractivity contribution in [2.45, 2.75) is 123 Å². The molecule has 5 aliphatic rings. The highest BCUT2D eigenvalue weighted by molar-refractivity contribution is 8.00. The van der Waals surface area contributed by atoms with Gasteiger partial charge in [0.1, 0.15) is 0 Å². The Bertz CT molecular complexity index is 626. The van der Waals surface area contributed by atoms with Crippen molar-refractivity contribution in [3.05, 3.63) is 0 Å². The first-order valence-electron chi connectivity index (χ1n) is 13.9. The minimum atomic E-state index is 0.651. The molecule has 0 amide bonds. The third-order valence-corrected chi connectivity index (χ3v) is 14.0. The monoisotopic (exact) mass is 430 g/mol. The van der Waals surface area contributed by atoms with Crippen molar-refractivity contribution in [2.75, 3.05) is 0 Å². The summed E-state index contributed by atoms with van der Waals surface area (Å²) in [5.41, 5.74) is 1.35. The third kappa shape index (κ3) is 3.28. The molecule has 3 unspecified atom stereocenters. The highest BCUT2D eigenvalue weighted by atomic mass is 32.2. The highest BCUT2D eigenvalue weighted by Crippen LogP contribution is 2.69. The van der Waals surface area contributed by atoms with Crippen molar-refractivity contribution in [3.8, 4) is 0 Å². The average molecular weight is 431 g/mol. The fourth-order valence-electron chi connectivity index (χ4n) is 10.5. The van der Waals surface area contributed by atoms with E-state index in [9.17, 15) is 0 Å². The van der Waals surface area contributed by atoms with Crippen LogP contribution in [0.1, 0.15) is 112 Å². The van der Waals surface area contributed by atoms with Crippen LogP contribution in [0, 0.1) is 58.2 Å². The molecule has 1 heteroatoms. The molecule has 30 heavy (non-hydrogen) atoms. The van der Waals surface area contributed by atoms with Gasteiger partial charge in [0.05, 0.1) is 0 Å². The minimum Gasteiger partial charge on any atom is -0.155 e. The quantitative estimate of drug-likeness (QED) is 0.431. The Morgan fingerprint density at radius 3 is 2.30 bits per heavy atom. The summed E-state index contributed by atoms with van der Waals surface area (Å²) in [5, 5.41) is 1.80. The molecule has 0 radical (unpaired) electrons. The predicted octanol–water partition coefficient (Wildman–Crippen LogP) is 8.84. The minimum absolute atomic E-state index is 0.651. The van der Waals surface area contributed by atoms with E-state index in [0.29, 0.717) is 10.8 Å². The van der Waals surface area contributed by atoms with Crippen molar-refractivity contribution < 1.29 is 0 Å². The number of hydrogen-bond donors (Lipinski definition) is 0. The van der Waals surface area contributed by atoms with Gasteiger partial charge in [-0.05, 0) is 116 Å². The van der Waals surface area contributed by atoms with Crippen LogP contribution in [0.25, 0.3) is 0 Å². The van der Waals surface area contributed by atoms with Crippen molar-refractivity contribution in [2.24, 2.45) is 58.2 Å². The van der Waals surface area contributed by atoms with Gasteiger partial charge in [0, 0.05) is 10.5 Å². The number of fused-ring (bicyclic) bond motifs is 5. The van der Waals surface area contributed by atoms with Crippen molar-refractivity contribution >= 4 is 11.8 Å². The molecule has 1 heterocycles. The Labute approximate surface area is 192 Å². The van der Waals surface area contributed by atoms with Gasteiger partial charge in [-0.2, -0.15) is 11.8 Å². The Kier molecular flexibility index (Phi) is 5.90. The Morgan fingerprint density at radius 1 is 0.800 bits per heavy atom. The van der Waals surface area contributed by atoms with E-state index in [0.717, 1.165) is 57.8 Å². The molecule has 0 spiro atoms. The first kappa shape index (κ1) is 22.2. The van der Waals surface area contributed by atoms with E-state index >= 15 is 0 Å². The highest BCUT2D eigenvalue weighted by Gasteiger charge is 2.60. The molecule has 1 saturated heterocycles. The zero-order valence-corrected chi connectivity index (χ0v) is 21.8. The molecular weight excluding hydrogens is 380 g/mol. The molecule has 0 aromatic carbocycles. The molecule has 11 atom stereocenters. The van der Waals surface area contributed by atoms with E-state index < -0.39 is 0 Å².